The molecule has 5 nitrogen and oxygen atoms in total. The van der Waals surface area contributed by atoms with Crippen molar-refractivity contribution in [3.8, 4) is 0 Å². The maximum atomic E-state index is 12.5. The Morgan fingerprint density at radius 2 is 1.73 bits per heavy atom. The fourth-order valence-electron chi connectivity index (χ4n) is 2.37. The Kier molecular flexibility index (Phi) is 9.19. The molecule has 0 heterocycles. The zero-order valence-corrected chi connectivity index (χ0v) is 16.4. The van der Waals surface area contributed by atoms with Crippen LogP contribution >= 0.6 is 24.2 Å². The summed E-state index contributed by atoms with van der Waals surface area (Å²) >= 11 is 1.63. The van der Waals surface area contributed by atoms with Gasteiger partial charge >= 0.3 is 5.97 Å². The summed E-state index contributed by atoms with van der Waals surface area (Å²) in [6, 6.07) is 14.4. The van der Waals surface area contributed by atoms with Gasteiger partial charge in [-0.3, -0.25) is 9.59 Å². The number of amides is 1. The van der Waals surface area contributed by atoms with Crippen molar-refractivity contribution in [3.05, 3.63) is 65.2 Å². The molecular weight excluding hydrogens is 372 g/mol. The quantitative estimate of drug-likeness (QED) is 0.556. The van der Waals surface area contributed by atoms with Crippen LogP contribution in [0.2, 0.25) is 0 Å². The molecule has 1 amide bonds. The summed E-state index contributed by atoms with van der Waals surface area (Å²) in [6.45, 7) is 0.425. The van der Waals surface area contributed by atoms with Crippen LogP contribution in [-0.4, -0.2) is 25.2 Å². The van der Waals surface area contributed by atoms with Crippen LogP contribution in [0.25, 0.3) is 0 Å². The van der Waals surface area contributed by atoms with Crippen LogP contribution in [0, 0.1) is 0 Å². The predicted molar refractivity (Wildman–Crippen MR) is 107 cm³/mol. The van der Waals surface area contributed by atoms with Gasteiger partial charge < -0.3 is 15.8 Å². The fraction of sp³-hybridized carbons (Fsp3) is 0.263. The van der Waals surface area contributed by atoms with Crippen molar-refractivity contribution in [3.63, 3.8) is 0 Å². The van der Waals surface area contributed by atoms with Crippen molar-refractivity contribution in [1.82, 2.24) is 5.32 Å². The number of carbonyl (C=O) groups excluding carboxylic acids is 2. The van der Waals surface area contributed by atoms with Crippen molar-refractivity contribution >= 4 is 36.0 Å². The number of nitrogens with two attached hydrogens (primary N) is 1. The number of ether oxygens (including phenoxy) is 1. The minimum atomic E-state index is -0.454. The Balaban J connectivity index is 0.00000338. The van der Waals surface area contributed by atoms with E-state index in [-0.39, 0.29) is 30.7 Å². The number of nitrogens with one attached hydrogen (secondary N) is 1. The summed E-state index contributed by atoms with van der Waals surface area (Å²) in [7, 11) is 1.34. The number of rotatable bonds is 7. The molecule has 0 saturated carbocycles. The Hall–Kier alpha value is -2.02. The van der Waals surface area contributed by atoms with Crippen molar-refractivity contribution < 1.29 is 14.3 Å². The van der Waals surface area contributed by atoms with E-state index >= 15 is 0 Å². The lowest BCUT2D eigenvalue weighted by Crippen LogP contribution is -2.30. The molecule has 2 aromatic rings. The molecule has 2 rings (SSSR count). The van der Waals surface area contributed by atoms with Gasteiger partial charge in [-0.15, -0.1) is 24.2 Å². The lowest BCUT2D eigenvalue weighted by molar-refractivity contribution is -0.141. The average molecular weight is 395 g/mol. The minimum absolute atomic E-state index is 0. The van der Waals surface area contributed by atoms with Crippen LogP contribution in [0.15, 0.2) is 53.4 Å². The summed E-state index contributed by atoms with van der Waals surface area (Å²) in [4.78, 5) is 25.4. The van der Waals surface area contributed by atoms with E-state index < -0.39 is 6.04 Å². The van der Waals surface area contributed by atoms with Crippen LogP contribution in [0.5, 0.6) is 0 Å². The molecule has 7 heteroatoms. The van der Waals surface area contributed by atoms with Crippen molar-refractivity contribution in [2.24, 2.45) is 5.73 Å². The van der Waals surface area contributed by atoms with Gasteiger partial charge in [0, 0.05) is 17.0 Å². The average Bonchev–Trinajstić information content (AvgIpc) is 2.67. The summed E-state index contributed by atoms with van der Waals surface area (Å²) in [6.07, 6.45) is 2.06. The Morgan fingerprint density at radius 1 is 1.12 bits per heavy atom. The van der Waals surface area contributed by atoms with Gasteiger partial charge in [-0.1, -0.05) is 24.3 Å². The Bertz CT molecular complexity index is 721. The van der Waals surface area contributed by atoms with Gasteiger partial charge in [-0.2, -0.15) is 0 Å². The van der Waals surface area contributed by atoms with E-state index in [0.717, 1.165) is 16.0 Å². The lowest BCUT2D eigenvalue weighted by atomic mass is 10.0. The highest BCUT2D eigenvalue weighted by molar-refractivity contribution is 7.98. The first kappa shape index (κ1) is 22.0. The van der Waals surface area contributed by atoms with Gasteiger partial charge in [-0.25, -0.2) is 0 Å². The molecule has 0 radical (unpaired) electrons. The van der Waals surface area contributed by atoms with E-state index in [2.05, 4.69) is 5.32 Å². The first-order chi connectivity index (χ1) is 12.1. The van der Waals surface area contributed by atoms with Crippen LogP contribution < -0.4 is 11.1 Å². The number of hydrogen-bond donors (Lipinski definition) is 2. The SMILES string of the molecule is COC(=O)CC(NC(=O)c1ccc(CN)cc1)c1ccc(SC)cc1.Cl. The number of carbonyl (C=O) groups is 2. The number of halogens is 1. The highest BCUT2D eigenvalue weighted by Crippen LogP contribution is 2.22. The number of esters is 1. The molecule has 140 valence electrons. The smallest absolute Gasteiger partial charge is 0.307 e. The third-order valence-electron chi connectivity index (χ3n) is 3.87. The molecule has 1 unspecified atom stereocenters. The third-order valence-corrected chi connectivity index (χ3v) is 4.62. The van der Waals surface area contributed by atoms with Gasteiger partial charge in [0.15, 0.2) is 0 Å². The highest BCUT2D eigenvalue weighted by atomic mass is 35.5. The van der Waals surface area contributed by atoms with Gasteiger partial charge in [0.2, 0.25) is 0 Å². The first-order valence-corrected chi connectivity index (χ1v) is 9.10. The predicted octanol–water partition coefficient (Wildman–Crippen LogP) is 3.32. The molecule has 26 heavy (non-hydrogen) atoms. The second kappa shape index (κ2) is 10.9. The number of methoxy groups -OCH3 is 1. The van der Waals surface area contributed by atoms with Crippen LogP contribution in [-0.2, 0) is 16.1 Å². The summed E-state index contributed by atoms with van der Waals surface area (Å²) < 4.78 is 4.76. The molecule has 0 aliphatic heterocycles. The van der Waals surface area contributed by atoms with Crippen LogP contribution in [0.3, 0.4) is 0 Å². The van der Waals surface area contributed by atoms with Gasteiger partial charge in [0.05, 0.1) is 19.6 Å². The zero-order chi connectivity index (χ0) is 18.2. The molecule has 3 N–H and O–H groups in total. The van der Waals surface area contributed by atoms with E-state index in [1.807, 2.05) is 42.7 Å². The maximum absolute atomic E-state index is 12.5. The molecular formula is C19H23ClN2O3S. The van der Waals surface area contributed by atoms with E-state index in [9.17, 15) is 9.59 Å². The molecule has 0 fully saturated rings. The number of thioether (sulfide) groups is 1. The Labute approximate surface area is 164 Å². The minimum Gasteiger partial charge on any atom is -0.469 e. The van der Waals surface area contributed by atoms with E-state index in [0.29, 0.717) is 12.1 Å². The van der Waals surface area contributed by atoms with E-state index in [1.165, 1.54) is 7.11 Å². The molecule has 2 aromatic carbocycles. The van der Waals surface area contributed by atoms with Gasteiger partial charge in [0.25, 0.3) is 5.91 Å². The fourth-order valence-corrected chi connectivity index (χ4v) is 2.78. The van der Waals surface area contributed by atoms with Gasteiger partial charge in [-0.05, 0) is 41.6 Å². The zero-order valence-electron chi connectivity index (χ0n) is 14.7. The molecule has 0 aliphatic rings. The topological polar surface area (TPSA) is 81.4 Å². The lowest BCUT2D eigenvalue weighted by Gasteiger charge is -2.18. The van der Waals surface area contributed by atoms with Crippen molar-refractivity contribution in [2.45, 2.75) is 23.9 Å². The summed E-state index contributed by atoms with van der Waals surface area (Å²) in [5, 5.41) is 2.91. The van der Waals surface area contributed by atoms with Crippen LogP contribution in [0.1, 0.15) is 33.9 Å². The number of hydrogen-bond acceptors (Lipinski definition) is 5. The standard InChI is InChI=1S/C19H22N2O3S.ClH/c1-24-18(22)11-17(14-7-9-16(25-2)10-8-14)21-19(23)15-5-3-13(12-20)4-6-15;/h3-10,17H,11-12,20H2,1-2H3,(H,21,23);1H. The second-order valence-electron chi connectivity index (χ2n) is 5.48. The second-order valence-corrected chi connectivity index (χ2v) is 6.36. The van der Waals surface area contributed by atoms with E-state index in [4.69, 9.17) is 10.5 Å². The molecule has 0 saturated heterocycles. The molecule has 0 spiro atoms. The monoisotopic (exact) mass is 394 g/mol. The molecule has 0 bridgehead atoms. The summed E-state index contributed by atoms with van der Waals surface area (Å²) in [5.41, 5.74) is 7.90. The highest BCUT2D eigenvalue weighted by Gasteiger charge is 2.19. The Morgan fingerprint density at radius 3 is 2.23 bits per heavy atom. The molecule has 0 aromatic heterocycles. The van der Waals surface area contributed by atoms with Crippen LogP contribution in [0.4, 0.5) is 0 Å². The first-order valence-electron chi connectivity index (χ1n) is 7.88. The van der Waals surface area contributed by atoms with Crippen molar-refractivity contribution in [2.75, 3.05) is 13.4 Å². The summed E-state index contributed by atoms with van der Waals surface area (Å²) in [5.74, 6) is -0.621. The molecule has 1 atom stereocenters. The van der Waals surface area contributed by atoms with Gasteiger partial charge in [0.1, 0.15) is 0 Å². The number of benzene rings is 2. The largest absolute Gasteiger partial charge is 0.469 e. The molecule has 0 aliphatic carbocycles. The third kappa shape index (κ3) is 6.05. The van der Waals surface area contributed by atoms with E-state index in [1.54, 1.807) is 23.9 Å². The van der Waals surface area contributed by atoms with Crippen molar-refractivity contribution in [1.29, 1.82) is 0 Å². The maximum Gasteiger partial charge on any atom is 0.307 e. The normalized spacial score (nSPS) is 11.2.